The second kappa shape index (κ2) is 9.56. The Morgan fingerprint density at radius 1 is 1.13 bits per heavy atom. The summed E-state index contributed by atoms with van der Waals surface area (Å²) in [5.74, 6) is -0.471. The van der Waals surface area contributed by atoms with Gasteiger partial charge >= 0.3 is 0 Å². The molecule has 2 aromatic carbocycles. The highest BCUT2D eigenvalue weighted by Gasteiger charge is 2.16. The summed E-state index contributed by atoms with van der Waals surface area (Å²) in [7, 11) is 0. The standard InChI is InChI=1S/C25H23N5O/c1-17-12-18(2)23(19(3)13-17)28-25(31)21(15-27)14-22-16-30(11-7-10-26)29-24(22)20-8-5-4-6-9-20/h4-6,8-9,12-14,16H,7,11H2,1-3H3,(H,28,31)/b21-14+. The van der Waals surface area contributed by atoms with Gasteiger partial charge in [-0.25, -0.2) is 0 Å². The van der Waals surface area contributed by atoms with Gasteiger partial charge in [-0.1, -0.05) is 48.0 Å². The average Bonchev–Trinajstić information content (AvgIpc) is 3.16. The number of hydrogen-bond donors (Lipinski definition) is 1. The van der Waals surface area contributed by atoms with E-state index in [9.17, 15) is 10.1 Å². The van der Waals surface area contributed by atoms with Gasteiger partial charge in [-0.15, -0.1) is 0 Å². The van der Waals surface area contributed by atoms with Crippen LogP contribution in [0.25, 0.3) is 17.3 Å². The van der Waals surface area contributed by atoms with Crippen LogP contribution in [0.1, 0.15) is 28.7 Å². The first kappa shape index (κ1) is 21.5. The summed E-state index contributed by atoms with van der Waals surface area (Å²) in [6.45, 7) is 6.29. The number of aromatic nitrogens is 2. The molecular formula is C25H23N5O. The smallest absolute Gasteiger partial charge is 0.266 e. The van der Waals surface area contributed by atoms with Crippen molar-refractivity contribution in [2.45, 2.75) is 33.7 Å². The summed E-state index contributed by atoms with van der Waals surface area (Å²) in [5, 5.41) is 26.0. The fourth-order valence-corrected chi connectivity index (χ4v) is 3.50. The Bertz CT molecular complexity index is 1200. The second-order valence-corrected chi connectivity index (χ2v) is 7.37. The minimum atomic E-state index is -0.471. The lowest BCUT2D eigenvalue weighted by Gasteiger charge is -2.12. The van der Waals surface area contributed by atoms with Crippen LogP contribution in [0.3, 0.4) is 0 Å². The summed E-state index contributed by atoms with van der Waals surface area (Å²) in [6.07, 6.45) is 3.62. The number of hydrogen-bond acceptors (Lipinski definition) is 4. The number of aryl methyl sites for hydroxylation is 4. The fourth-order valence-electron chi connectivity index (χ4n) is 3.50. The summed E-state index contributed by atoms with van der Waals surface area (Å²) < 4.78 is 1.67. The average molecular weight is 409 g/mol. The molecule has 0 aliphatic heterocycles. The first-order valence-electron chi connectivity index (χ1n) is 9.93. The van der Waals surface area contributed by atoms with Crippen molar-refractivity contribution < 1.29 is 4.79 Å². The van der Waals surface area contributed by atoms with Crippen LogP contribution in [-0.4, -0.2) is 15.7 Å². The molecule has 6 heteroatoms. The maximum Gasteiger partial charge on any atom is 0.266 e. The van der Waals surface area contributed by atoms with Gasteiger partial charge in [0.25, 0.3) is 5.91 Å². The van der Waals surface area contributed by atoms with E-state index in [0.717, 1.165) is 22.3 Å². The van der Waals surface area contributed by atoms with E-state index in [-0.39, 0.29) is 5.57 Å². The van der Waals surface area contributed by atoms with Crippen LogP contribution in [0.2, 0.25) is 0 Å². The lowest BCUT2D eigenvalue weighted by Crippen LogP contribution is -2.15. The van der Waals surface area contributed by atoms with Gasteiger partial charge in [0.2, 0.25) is 0 Å². The van der Waals surface area contributed by atoms with E-state index in [1.54, 1.807) is 17.0 Å². The van der Waals surface area contributed by atoms with Gasteiger partial charge in [-0.3, -0.25) is 9.48 Å². The molecule has 0 saturated heterocycles. The Morgan fingerprint density at radius 3 is 2.42 bits per heavy atom. The zero-order valence-corrected chi connectivity index (χ0v) is 17.8. The van der Waals surface area contributed by atoms with Crippen molar-refractivity contribution in [3.8, 4) is 23.4 Å². The highest BCUT2D eigenvalue weighted by molar-refractivity contribution is 6.10. The van der Waals surface area contributed by atoms with Gasteiger partial charge < -0.3 is 5.32 Å². The highest BCUT2D eigenvalue weighted by atomic mass is 16.1. The van der Waals surface area contributed by atoms with E-state index in [0.29, 0.717) is 29.9 Å². The van der Waals surface area contributed by atoms with E-state index in [1.807, 2.05) is 69.3 Å². The summed E-state index contributed by atoms with van der Waals surface area (Å²) >= 11 is 0. The molecule has 0 radical (unpaired) electrons. The number of anilines is 1. The van der Waals surface area contributed by atoms with Gasteiger partial charge in [0.15, 0.2) is 0 Å². The minimum Gasteiger partial charge on any atom is -0.321 e. The summed E-state index contributed by atoms with van der Waals surface area (Å²) in [6, 6.07) is 17.6. The molecule has 1 heterocycles. The van der Waals surface area contributed by atoms with E-state index in [4.69, 9.17) is 5.26 Å². The van der Waals surface area contributed by atoms with Crippen molar-refractivity contribution in [2.75, 3.05) is 5.32 Å². The molecule has 1 aromatic heterocycles. The van der Waals surface area contributed by atoms with Crippen LogP contribution in [0.4, 0.5) is 5.69 Å². The molecule has 0 fully saturated rings. The monoisotopic (exact) mass is 409 g/mol. The van der Waals surface area contributed by atoms with Crippen molar-refractivity contribution in [1.82, 2.24) is 9.78 Å². The molecule has 0 atom stereocenters. The lowest BCUT2D eigenvalue weighted by molar-refractivity contribution is -0.112. The highest BCUT2D eigenvalue weighted by Crippen LogP contribution is 2.26. The molecule has 3 aromatic rings. The van der Waals surface area contributed by atoms with Crippen molar-refractivity contribution in [2.24, 2.45) is 0 Å². The Labute approximate surface area is 182 Å². The Hall–Kier alpha value is -4.16. The Morgan fingerprint density at radius 2 is 1.81 bits per heavy atom. The maximum absolute atomic E-state index is 12.9. The summed E-state index contributed by atoms with van der Waals surface area (Å²) in [4.78, 5) is 12.9. The lowest BCUT2D eigenvalue weighted by atomic mass is 10.0. The number of amides is 1. The second-order valence-electron chi connectivity index (χ2n) is 7.37. The fraction of sp³-hybridized carbons (Fsp3) is 0.200. The molecule has 0 bridgehead atoms. The summed E-state index contributed by atoms with van der Waals surface area (Å²) in [5.41, 5.74) is 5.86. The third-order valence-electron chi connectivity index (χ3n) is 4.87. The number of carbonyl (C=O) groups is 1. The number of nitrogens with one attached hydrogen (secondary N) is 1. The van der Waals surface area contributed by atoms with Crippen molar-refractivity contribution in [3.63, 3.8) is 0 Å². The van der Waals surface area contributed by atoms with E-state index in [2.05, 4.69) is 16.5 Å². The molecule has 6 nitrogen and oxygen atoms in total. The molecule has 0 unspecified atom stereocenters. The first-order chi connectivity index (χ1) is 14.9. The largest absolute Gasteiger partial charge is 0.321 e. The topological polar surface area (TPSA) is 94.5 Å². The van der Waals surface area contributed by atoms with Gasteiger partial charge in [0.05, 0.1) is 24.7 Å². The van der Waals surface area contributed by atoms with Crippen LogP contribution in [0, 0.1) is 43.4 Å². The minimum absolute atomic E-state index is 0.0172. The van der Waals surface area contributed by atoms with Crippen LogP contribution < -0.4 is 5.32 Å². The number of carbonyl (C=O) groups excluding carboxylic acids is 1. The Kier molecular flexibility index (Phi) is 6.64. The number of benzene rings is 2. The number of nitrogens with zero attached hydrogens (tertiary/aromatic N) is 4. The van der Waals surface area contributed by atoms with E-state index in [1.165, 1.54) is 0 Å². The third-order valence-corrected chi connectivity index (χ3v) is 4.87. The zero-order valence-electron chi connectivity index (χ0n) is 17.8. The SMILES string of the molecule is Cc1cc(C)c(NC(=O)/C(C#N)=C/c2cn(CCC#N)nc2-c2ccccc2)c(C)c1. The van der Waals surface area contributed by atoms with Crippen molar-refractivity contribution >= 4 is 17.7 Å². The molecule has 1 amide bonds. The first-order valence-corrected chi connectivity index (χ1v) is 9.93. The quantitative estimate of drug-likeness (QED) is 0.461. The van der Waals surface area contributed by atoms with Gasteiger partial charge in [-0.05, 0) is 38.0 Å². The van der Waals surface area contributed by atoms with Crippen molar-refractivity contribution in [1.29, 1.82) is 10.5 Å². The Balaban J connectivity index is 1.98. The van der Waals surface area contributed by atoms with Crippen LogP contribution in [0.15, 0.2) is 54.2 Å². The molecule has 0 aliphatic rings. The third kappa shape index (κ3) is 5.07. The molecule has 154 valence electrons. The molecule has 1 N–H and O–H groups in total. The zero-order chi connectivity index (χ0) is 22.4. The predicted molar refractivity (Wildman–Crippen MR) is 121 cm³/mol. The maximum atomic E-state index is 12.9. The number of nitriles is 2. The van der Waals surface area contributed by atoms with Crippen LogP contribution in [-0.2, 0) is 11.3 Å². The molecular weight excluding hydrogens is 386 g/mol. The van der Waals surface area contributed by atoms with E-state index >= 15 is 0 Å². The van der Waals surface area contributed by atoms with Gasteiger partial charge in [0, 0.05) is 23.0 Å². The predicted octanol–water partition coefficient (Wildman–Crippen LogP) is 4.93. The molecule has 0 saturated carbocycles. The van der Waals surface area contributed by atoms with E-state index < -0.39 is 5.91 Å². The molecule has 0 aliphatic carbocycles. The van der Waals surface area contributed by atoms with Crippen molar-refractivity contribution in [3.05, 3.63) is 76.5 Å². The molecule has 0 spiro atoms. The van der Waals surface area contributed by atoms with Gasteiger partial charge in [-0.2, -0.15) is 15.6 Å². The van der Waals surface area contributed by atoms with Crippen LogP contribution in [0.5, 0.6) is 0 Å². The van der Waals surface area contributed by atoms with Crippen LogP contribution >= 0.6 is 0 Å². The molecule has 31 heavy (non-hydrogen) atoms. The van der Waals surface area contributed by atoms with Gasteiger partial charge in [0.1, 0.15) is 11.6 Å². The number of rotatable bonds is 6. The molecule has 3 rings (SSSR count). The normalized spacial score (nSPS) is 10.9.